The van der Waals surface area contributed by atoms with Crippen LogP contribution in [0.25, 0.3) is 22.4 Å². The van der Waals surface area contributed by atoms with E-state index in [1.807, 2.05) is 54.8 Å². The van der Waals surface area contributed by atoms with Gasteiger partial charge in [-0.2, -0.15) is 5.48 Å². The van der Waals surface area contributed by atoms with Crippen LogP contribution in [0, 0.1) is 5.82 Å². The van der Waals surface area contributed by atoms with Gasteiger partial charge in [0, 0.05) is 17.8 Å². The van der Waals surface area contributed by atoms with Crippen LogP contribution >= 0.6 is 0 Å². The van der Waals surface area contributed by atoms with E-state index in [1.165, 1.54) is 12.1 Å². The number of aliphatic carboxylic acids is 1. The summed E-state index contributed by atoms with van der Waals surface area (Å²) in [6.07, 6.45) is -2.60. The smallest absolute Gasteiger partial charge is 0.305 e. The molecule has 1 amide bonds. The molecule has 0 spiro atoms. The number of carboxylic acid groups (broad SMARTS) is 1. The van der Waals surface area contributed by atoms with Crippen molar-refractivity contribution in [1.29, 1.82) is 0 Å². The number of carboxylic acids is 1. The summed E-state index contributed by atoms with van der Waals surface area (Å²) < 4.78 is 16.0. The number of hydrogen-bond acceptors (Lipinski definition) is 5. The lowest BCUT2D eigenvalue weighted by Gasteiger charge is -2.20. The van der Waals surface area contributed by atoms with E-state index in [1.54, 1.807) is 36.4 Å². The standard InChI is InChI=1S/C33H35FN2O6/c1-21(2)31-30(33(41)35-42-27-11-7-4-8-12-27)29(22-9-5-3-6-10-22)32(23-13-15-24(34)16-14-23)36(31)18-17-25(37)19-26(38)20-28(39)40/h3-16,21,25-26,37-38H,17-20H2,1-2H3,(H,35,41)(H,39,40)/t25-,26-/m1/s1. The number of aliphatic hydroxyl groups excluding tert-OH is 2. The Bertz CT molecular complexity index is 1490. The van der Waals surface area contributed by atoms with Crippen LogP contribution in [-0.2, 0) is 11.3 Å². The number of halogens is 1. The number of nitrogens with one attached hydrogen (secondary N) is 1. The van der Waals surface area contributed by atoms with Crippen molar-refractivity contribution in [2.45, 2.75) is 57.8 Å². The minimum absolute atomic E-state index is 0.111. The van der Waals surface area contributed by atoms with E-state index >= 15 is 0 Å². The second-order valence-electron chi connectivity index (χ2n) is 10.4. The molecule has 0 radical (unpaired) electrons. The van der Waals surface area contributed by atoms with Crippen molar-refractivity contribution in [3.63, 3.8) is 0 Å². The first-order valence-corrected chi connectivity index (χ1v) is 13.8. The van der Waals surface area contributed by atoms with Crippen LogP contribution in [0.5, 0.6) is 5.75 Å². The van der Waals surface area contributed by atoms with Gasteiger partial charge in [0.2, 0.25) is 0 Å². The molecule has 1 aromatic heterocycles. The maximum absolute atomic E-state index is 14.0. The predicted octanol–water partition coefficient (Wildman–Crippen LogP) is 5.79. The van der Waals surface area contributed by atoms with Gasteiger partial charge < -0.3 is 24.7 Å². The molecule has 4 aromatic rings. The molecule has 0 aliphatic carbocycles. The SMILES string of the molecule is CC(C)c1c(C(=O)NOc2ccccc2)c(-c2ccccc2)c(-c2ccc(F)cc2)n1CC[C@@H](O)C[C@@H](O)CC(=O)O. The topological polar surface area (TPSA) is 121 Å². The molecule has 42 heavy (non-hydrogen) atoms. The van der Waals surface area contributed by atoms with Gasteiger partial charge in [-0.15, -0.1) is 0 Å². The van der Waals surface area contributed by atoms with Crippen molar-refractivity contribution in [2.24, 2.45) is 0 Å². The van der Waals surface area contributed by atoms with Gasteiger partial charge >= 0.3 is 5.97 Å². The number of hydrogen-bond donors (Lipinski definition) is 4. The highest BCUT2D eigenvalue weighted by Gasteiger charge is 2.31. The molecule has 8 nitrogen and oxygen atoms in total. The molecule has 3 aromatic carbocycles. The van der Waals surface area contributed by atoms with Crippen LogP contribution in [0.2, 0.25) is 0 Å². The summed E-state index contributed by atoms with van der Waals surface area (Å²) >= 11 is 0. The van der Waals surface area contributed by atoms with Crippen LogP contribution in [0.3, 0.4) is 0 Å². The fourth-order valence-electron chi connectivity index (χ4n) is 5.13. The summed E-state index contributed by atoms with van der Waals surface area (Å²) in [4.78, 5) is 30.5. The van der Waals surface area contributed by atoms with Gasteiger partial charge in [0.05, 0.1) is 29.9 Å². The third-order valence-electron chi connectivity index (χ3n) is 6.90. The zero-order valence-electron chi connectivity index (χ0n) is 23.5. The molecular formula is C33H35FN2O6. The Balaban J connectivity index is 1.85. The van der Waals surface area contributed by atoms with Crippen molar-refractivity contribution >= 4 is 11.9 Å². The second-order valence-corrected chi connectivity index (χ2v) is 10.4. The lowest BCUT2D eigenvalue weighted by Crippen LogP contribution is -2.28. The molecule has 4 rings (SSSR count). The van der Waals surface area contributed by atoms with Gasteiger partial charge in [-0.1, -0.05) is 62.4 Å². The van der Waals surface area contributed by atoms with E-state index in [9.17, 15) is 24.2 Å². The Morgan fingerprint density at radius 1 is 0.881 bits per heavy atom. The predicted molar refractivity (Wildman–Crippen MR) is 157 cm³/mol. The lowest BCUT2D eigenvalue weighted by atomic mass is 9.94. The number of carbonyl (C=O) groups excluding carboxylic acids is 1. The fourth-order valence-corrected chi connectivity index (χ4v) is 5.13. The molecule has 0 saturated carbocycles. The minimum Gasteiger partial charge on any atom is -0.481 e. The molecule has 2 atom stereocenters. The highest BCUT2D eigenvalue weighted by molar-refractivity contribution is 6.06. The summed E-state index contributed by atoms with van der Waals surface area (Å²) in [5.74, 6) is -1.73. The number of aromatic nitrogens is 1. The van der Waals surface area contributed by atoms with Crippen molar-refractivity contribution < 1.29 is 34.1 Å². The molecule has 1 heterocycles. The third kappa shape index (κ3) is 7.43. The Morgan fingerprint density at radius 3 is 2.10 bits per heavy atom. The summed E-state index contributed by atoms with van der Waals surface area (Å²) in [5.41, 5.74) is 6.36. The molecule has 220 valence electrons. The number of rotatable bonds is 13. The summed E-state index contributed by atoms with van der Waals surface area (Å²) in [5, 5.41) is 29.8. The average molecular weight is 575 g/mol. The minimum atomic E-state index is -1.19. The molecule has 0 fully saturated rings. The number of hydroxylamine groups is 1. The Hall–Kier alpha value is -4.47. The van der Waals surface area contributed by atoms with Gasteiger partial charge in [-0.25, -0.2) is 4.39 Å². The molecular weight excluding hydrogens is 539 g/mol. The Kier molecular flexibility index (Phi) is 10.1. The first-order chi connectivity index (χ1) is 20.2. The number of carbonyl (C=O) groups is 2. The summed E-state index contributed by atoms with van der Waals surface area (Å²) in [6.45, 7) is 4.15. The van der Waals surface area contributed by atoms with Crippen molar-refractivity contribution in [1.82, 2.24) is 10.0 Å². The van der Waals surface area contributed by atoms with Crippen LogP contribution in [0.4, 0.5) is 4.39 Å². The van der Waals surface area contributed by atoms with E-state index < -0.39 is 36.3 Å². The number of benzene rings is 3. The maximum atomic E-state index is 14.0. The van der Waals surface area contributed by atoms with Gasteiger partial charge in [-0.05, 0) is 66.3 Å². The zero-order chi connectivity index (χ0) is 30.2. The van der Waals surface area contributed by atoms with Crippen LogP contribution in [0.15, 0.2) is 84.9 Å². The van der Waals surface area contributed by atoms with Gasteiger partial charge in [0.1, 0.15) is 5.82 Å². The van der Waals surface area contributed by atoms with Gasteiger partial charge in [0.25, 0.3) is 5.91 Å². The van der Waals surface area contributed by atoms with Crippen LogP contribution in [0.1, 0.15) is 55.1 Å². The van der Waals surface area contributed by atoms with E-state index in [4.69, 9.17) is 9.94 Å². The summed E-state index contributed by atoms with van der Waals surface area (Å²) in [7, 11) is 0. The molecule has 0 aliphatic heterocycles. The number of amides is 1. The maximum Gasteiger partial charge on any atom is 0.305 e. The molecule has 4 N–H and O–H groups in total. The average Bonchev–Trinajstić information content (AvgIpc) is 3.31. The van der Waals surface area contributed by atoms with E-state index in [0.29, 0.717) is 33.8 Å². The van der Waals surface area contributed by atoms with E-state index in [0.717, 1.165) is 5.56 Å². The fraction of sp³-hybridized carbons (Fsp3) is 0.273. The highest BCUT2D eigenvalue weighted by atomic mass is 19.1. The zero-order valence-corrected chi connectivity index (χ0v) is 23.5. The first-order valence-electron chi connectivity index (χ1n) is 13.8. The highest BCUT2D eigenvalue weighted by Crippen LogP contribution is 2.42. The number of aliphatic hydroxyl groups is 2. The van der Waals surface area contributed by atoms with Gasteiger partial charge in [0.15, 0.2) is 5.75 Å². The van der Waals surface area contributed by atoms with Crippen LogP contribution < -0.4 is 10.3 Å². The van der Waals surface area contributed by atoms with Gasteiger partial charge in [-0.3, -0.25) is 9.59 Å². The van der Waals surface area contributed by atoms with Crippen molar-refractivity contribution in [3.05, 3.63) is 102 Å². The van der Waals surface area contributed by atoms with E-state index in [-0.39, 0.29) is 25.3 Å². The largest absolute Gasteiger partial charge is 0.481 e. The molecule has 0 aliphatic rings. The molecule has 0 bridgehead atoms. The van der Waals surface area contributed by atoms with Crippen molar-refractivity contribution in [3.8, 4) is 28.1 Å². The second kappa shape index (κ2) is 13.9. The number of nitrogens with zero attached hydrogens (tertiary/aromatic N) is 1. The van der Waals surface area contributed by atoms with E-state index in [2.05, 4.69) is 5.48 Å². The lowest BCUT2D eigenvalue weighted by molar-refractivity contribution is -0.139. The van der Waals surface area contributed by atoms with Crippen molar-refractivity contribution in [2.75, 3.05) is 0 Å². The molecule has 9 heteroatoms. The summed E-state index contributed by atoms with van der Waals surface area (Å²) in [6, 6.07) is 24.2. The monoisotopic (exact) mass is 574 g/mol. The normalized spacial score (nSPS) is 12.6. The Morgan fingerprint density at radius 2 is 1.50 bits per heavy atom. The Labute approximate surface area is 244 Å². The third-order valence-corrected chi connectivity index (χ3v) is 6.90. The first kappa shape index (κ1) is 30.5. The molecule has 0 saturated heterocycles. The quantitative estimate of drug-likeness (QED) is 0.150. The van der Waals surface area contributed by atoms with Crippen LogP contribution in [-0.4, -0.2) is 44.0 Å². The number of para-hydroxylation sites is 1. The molecule has 0 unspecified atom stereocenters.